The zero-order valence-electron chi connectivity index (χ0n) is 21.9. The summed E-state index contributed by atoms with van der Waals surface area (Å²) in [5, 5.41) is 14.2. The maximum atomic E-state index is 13.7. The molecule has 0 aliphatic rings. The van der Waals surface area contributed by atoms with Crippen molar-refractivity contribution in [3.8, 4) is 5.75 Å². The zero-order valence-corrected chi connectivity index (χ0v) is 22.7. The number of hydrogen-bond donors (Lipinski definition) is 1. The van der Waals surface area contributed by atoms with Gasteiger partial charge in [-0.3, -0.25) is 24.0 Å². The van der Waals surface area contributed by atoms with Crippen LogP contribution >= 0.6 is 0 Å². The first-order valence-corrected chi connectivity index (χ1v) is 13.6. The number of amides is 2. The van der Waals surface area contributed by atoms with Crippen molar-refractivity contribution in [3.63, 3.8) is 0 Å². The molecule has 2 aromatic rings. The summed E-state index contributed by atoms with van der Waals surface area (Å²) in [5.41, 5.74) is 1.17. The van der Waals surface area contributed by atoms with E-state index in [-0.39, 0.29) is 35.6 Å². The van der Waals surface area contributed by atoms with Gasteiger partial charge in [0.05, 0.1) is 18.3 Å². The number of aryl methyl sites for hydroxylation is 1. The van der Waals surface area contributed by atoms with Crippen molar-refractivity contribution in [1.29, 1.82) is 0 Å². The van der Waals surface area contributed by atoms with Crippen LogP contribution in [-0.2, 0) is 26.2 Å². The van der Waals surface area contributed by atoms with Crippen LogP contribution in [0.2, 0.25) is 0 Å². The lowest BCUT2D eigenvalue weighted by Gasteiger charge is -2.32. The highest BCUT2D eigenvalue weighted by molar-refractivity contribution is 7.92. The lowest BCUT2D eigenvalue weighted by molar-refractivity contribution is -0.384. The molecule has 2 amide bonds. The third-order valence-corrected chi connectivity index (χ3v) is 7.22. The first-order valence-electron chi connectivity index (χ1n) is 11.7. The number of non-ortho nitro benzene ring substituents is 1. The largest absolute Gasteiger partial charge is 0.495 e. The average Bonchev–Trinajstić information content (AvgIpc) is 2.84. The monoisotopic (exact) mass is 534 g/mol. The molecule has 0 aromatic heterocycles. The van der Waals surface area contributed by atoms with Crippen molar-refractivity contribution >= 4 is 33.2 Å². The fourth-order valence-corrected chi connectivity index (χ4v) is 4.45. The molecule has 0 saturated carbocycles. The van der Waals surface area contributed by atoms with Gasteiger partial charge in [0.2, 0.25) is 21.8 Å². The highest BCUT2D eigenvalue weighted by atomic mass is 32.2. The van der Waals surface area contributed by atoms with E-state index in [9.17, 15) is 28.1 Å². The number of nitrogens with zero attached hydrogens (tertiary/aromatic N) is 3. The van der Waals surface area contributed by atoms with Gasteiger partial charge in [-0.15, -0.1) is 0 Å². The van der Waals surface area contributed by atoms with Crippen LogP contribution in [0.4, 0.5) is 11.4 Å². The lowest BCUT2D eigenvalue weighted by atomic mass is 10.1. The Hall–Kier alpha value is -3.67. The molecule has 0 unspecified atom stereocenters. The summed E-state index contributed by atoms with van der Waals surface area (Å²) in [7, 11) is -2.80. The molecule has 0 fully saturated rings. The van der Waals surface area contributed by atoms with E-state index in [4.69, 9.17) is 4.74 Å². The van der Waals surface area contributed by atoms with E-state index < -0.39 is 33.4 Å². The van der Waals surface area contributed by atoms with Gasteiger partial charge >= 0.3 is 0 Å². The third kappa shape index (κ3) is 7.66. The lowest BCUT2D eigenvalue weighted by Crippen LogP contribution is -2.52. The van der Waals surface area contributed by atoms with Crippen molar-refractivity contribution in [1.82, 2.24) is 10.2 Å². The highest BCUT2D eigenvalue weighted by Crippen LogP contribution is 2.34. The quantitative estimate of drug-likeness (QED) is 0.326. The van der Waals surface area contributed by atoms with E-state index in [0.29, 0.717) is 6.42 Å². The van der Waals surface area contributed by atoms with Gasteiger partial charge in [0, 0.05) is 24.7 Å². The summed E-state index contributed by atoms with van der Waals surface area (Å²) in [6.45, 7) is 6.58. The Balaban J connectivity index is 2.53. The molecule has 1 N–H and O–H groups in total. The van der Waals surface area contributed by atoms with Gasteiger partial charge in [-0.25, -0.2) is 8.42 Å². The molecule has 202 valence electrons. The van der Waals surface area contributed by atoms with Crippen molar-refractivity contribution < 1.29 is 27.7 Å². The molecule has 0 aliphatic carbocycles. The minimum absolute atomic E-state index is 0.0387. The van der Waals surface area contributed by atoms with E-state index >= 15 is 0 Å². The van der Waals surface area contributed by atoms with E-state index in [0.717, 1.165) is 27.8 Å². The van der Waals surface area contributed by atoms with Gasteiger partial charge in [-0.1, -0.05) is 31.2 Å². The Morgan fingerprint density at radius 3 is 2.35 bits per heavy atom. The number of nitro benzene ring substituents is 1. The SMILES string of the molecule is CC[C@@H](C)NC(=O)[C@@H](C)N(Cc1ccccc1C)C(=O)CN(c1cc([N+](=O)[O-])ccc1OC)S(C)(=O)=O. The number of hydrogen-bond acceptors (Lipinski definition) is 7. The van der Waals surface area contributed by atoms with Crippen LogP contribution < -0.4 is 14.4 Å². The molecule has 0 aliphatic heterocycles. The Kier molecular flexibility index (Phi) is 10.0. The number of carbonyl (C=O) groups excluding carboxylic acids is 2. The first-order chi connectivity index (χ1) is 17.3. The standard InChI is InChI=1S/C25H34N4O7S/c1-7-18(3)26-25(31)19(4)27(15-20-11-9-8-10-17(20)2)24(30)16-28(37(6,34)35)22-14-21(29(32)33)12-13-23(22)36-5/h8-14,18-19H,7,15-16H2,1-6H3,(H,26,31)/t18-,19-/m1/s1. The summed E-state index contributed by atoms with van der Waals surface area (Å²) in [6, 6.07) is 9.81. The number of ether oxygens (including phenoxy) is 1. The number of sulfonamides is 1. The second-order valence-electron chi connectivity index (χ2n) is 8.82. The van der Waals surface area contributed by atoms with Crippen molar-refractivity contribution in [2.24, 2.45) is 0 Å². The second-order valence-corrected chi connectivity index (χ2v) is 10.7. The molecule has 0 spiro atoms. The molecule has 2 rings (SSSR count). The number of carbonyl (C=O) groups is 2. The van der Waals surface area contributed by atoms with E-state index in [1.165, 1.54) is 24.1 Å². The normalized spacial score (nSPS) is 12.8. The number of methoxy groups -OCH3 is 1. The van der Waals surface area contributed by atoms with Gasteiger partial charge in [0.25, 0.3) is 5.69 Å². The Morgan fingerprint density at radius 2 is 1.81 bits per heavy atom. The number of nitrogens with one attached hydrogen (secondary N) is 1. The highest BCUT2D eigenvalue weighted by Gasteiger charge is 2.32. The summed E-state index contributed by atoms with van der Waals surface area (Å²) in [6.07, 6.45) is 1.59. The first kappa shape index (κ1) is 29.6. The topological polar surface area (TPSA) is 139 Å². The van der Waals surface area contributed by atoms with E-state index in [2.05, 4.69) is 5.32 Å². The molecule has 0 radical (unpaired) electrons. The van der Waals surface area contributed by atoms with Gasteiger partial charge in [-0.2, -0.15) is 0 Å². The smallest absolute Gasteiger partial charge is 0.271 e. The Morgan fingerprint density at radius 1 is 1.16 bits per heavy atom. The Bertz CT molecular complexity index is 1250. The van der Waals surface area contributed by atoms with Gasteiger partial charge in [0.15, 0.2) is 0 Å². The van der Waals surface area contributed by atoms with E-state index in [1.807, 2.05) is 45.0 Å². The molecule has 0 heterocycles. The predicted octanol–water partition coefficient (Wildman–Crippen LogP) is 3.01. The average molecular weight is 535 g/mol. The van der Waals surface area contributed by atoms with Crippen LogP contribution in [0.25, 0.3) is 0 Å². The van der Waals surface area contributed by atoms with Crippen molar-refractivity contribution in [2.45, 2.75) is 52.7 Å². The minimum Gasteiger partial charge on any atom is -0.495 e. The number of rotatable bonds is 12. The molecule has 2 atom stereocenters. The van der Waals surface area contributed by atoms with Crippen LogP contribution in [0, 0.1) is 17.0 Å². The molecular formula is C25H34N4O7S. The number of benzene rings is 2. The van der Waals surface area contributed by atoms with Gasteiger partial charge in [0.1, 0.15) is 24.0 Å². The van der Waals surface area contributed by atoms with Crippen LogP contribution in [0.1, 0.15) is 38.3 Å². The number of anilines is 1. The Labute approximate surface area is 217 Å². The fraction of sp³-hybridized carbons (Fsp3) is 0.440. The van der Waals surface area contributed by atoms with Crippen molar-refractivity contribution in [2.75, 3.05) is 24.2 Å². The van der Waals surface area contributed by atoms with Crippen LogP contribution in [0.5, 0.6) is 5.75 Å². The summed E-state index contributed by atoms with van der Waals surface area (Å²) in [5.74, 6) is -0.999. The molecule has 12 heteroatoms. The van der Waals surface area contributed by atoms with Crippen LogP contribution in [0.15, 0.2) is 42.5 Å². The molecule has 0 bridgehead atoms. The summed E-state index contributed by atoms with van der Waals surface area (Å²) >= 11 is 0. The third-order valence-electron chi connectivity index (χ3n) is 6.09. The van der Waals surface area contributed by atoms with Gasteiger partial charge in [-0.05, 0) is 44.4 Å². The molecule has 37 heavy (non-hydrogen) atoms. The van der Waals surface area contributed by atoms with Crippen molar-refractivity contribution in [3.05, 3.63) is 63.7 Å². The molecule has 0 saturated heterocycles. The van der Waals surface area contributed by atoms with Crippen LogP contribution in [-0.4, -0.2) is 62.0 Å². The summed E-state index contributed by atoms with van der Waals surface area (Å²) < 4.78 is 31.6. The summed E-state index contributed by atoms with van der Waals surface area (Å²) in [4.78, 5) is 38.6. The maximum absolute atomic E-state index is 13.7. The molecule has 2 aromatic carbocycles. The maximum Gasteiger partial charge on any atom is 0.271 e. The number of nitro groups is 1. The molecular weight excluding hydrogens is 500 g/mol. The van der Waals surface area contributed by atoms with E-state index in [1.54, 1.807) is 6.92 Å². The van der Waals surface area contributed by atoms with Gasteiger partial charge < -0.3 is 15.0 Å². The second kappa shape index (κ2) is 12.5. The fourth-order valence-electron chi connectivity index (χ4n) is 3.60. The molecule has 11 nitrogen and oxygen atoms in total. The van der Waals surface area contributed by atoms with Crippen LogP contribution in [0.3, 0.4) is 0 Å². The predicted molar refractivity (Wildman–Crippen MR) is 141 cm³/mol. The zero-order chi connectivity index (χ0) is 27.9. The minimum atomic E-state index is -4.09.